The fourth-order valence-electron chi connectivity index (χ4n) is 1.64. The van der Waals surface area contributed by atoms with Gasteiger partial charge in [0, 0.05) is 14.2 Å². The molecule has 0 heterocycles. The molecule has 0 radical (unpaired) electrons. The van der Waals surface area contributed by atoms with Crippen LogP contribution in [0.15, 0.2) is 0 Å². The maximum Gasteiger partial charge on any atom is 0.324 e. The summed E-state index contributed by atoms with van der Waals surface area (Å²) in [6.07, 6.45) is 4.99. The third kappa shape index (κ3) is 4.23. The van der Waals surface area contributed by atoms with E-state index in [9.17, 15) is 0 Å². The molecule has 0 aliphatic carbocycles. The lowest BCUT2D eigenvalue weighted by molar-refractivity contribution is 0.259. The van der Waals surface area contributed by atoms with Crippen LogP contribution in [0.3, 0.4) is 0 Å². The summed E-state index contributed by atoms with van der Waals surface area (Å²) in [7, 11) is 2.21. The Labute approximate surface area is 78.1 Å². The van der Waals surface area contributed by atoms with E-state index in [0.29, 0.717) is 5.54 Å². The van der Waals surface area contributed by atoms with Gasteiger partial charge in [0.15, 0.2) is 0 Å². The van der Waals surface area contributed by atoms with Crippen LogP contribution in [0.25, 0.3) is 0 Å². The summed E-state index contributed by atoms with van der Waals surface area (Å²) in [4.78, 5) is 0. The summed E-state index contributed by atoms with van der Waals surface area (Å²) in [5, 5.41) is 0. The Morgan fingerprint density at radius 2 is 1.42 bits per heavy atom. The van der Waals surface area contributed by atoms with Crippen LogP contribution in [-0.2, 0) is 8.85 Å². The molecule has 0 saturated carbocycles. The van der Waals surface area contributed by atoms with E-state index in [4.69, 9.17) is 8.85 Å². The molecule has 0 aliphatic rings. The molecular weight excluding hydrogens is 168 g/mol. The Morgan fingerprint density at radius 1 is 1.00 bits per heavy atom. The van der Waals surface area contributed by atoms with Gasteiger partial charge in [0.1, 0.15) is 0 Å². The molecule has 2 nitrogen and oxygen atoms in total. The molecule has 0 aromatic carbocycles. The maximum atomic E-state index is 5.38. The second kappa shape index (κ2) is 7.77. The van der Waals surface area contributed by atoms with Crippen LogP contribution >= 0.6 is 0 Å². The standard InChI is InChI=1S/C9H22O2Si/c1-5-7-9(8-6-2)12(10-3)11-4/h9,12H,5-8H2,1-4H3. The van der Waals surface area contributed by atoms with Crippen molar-refractivity contribution in [2.75, 3.05) is 14.2 Å². The van der Waals surface area contributed by atoms with Crippen molar-refractivity contribution in [3.8, 4) is 0 Å². The first kappa shape index (κ1) is 12.1. The van der Waals surface area contributed by atoms with Crippen molar-refractivity contribution >= 4 is 9.28 Å². The molecule has 0 aromatic heterocycles. The minimum atomic E-state index is -1.34. The number of rotatable bonds is 7. The molecule has 0 rings (SSSR count). The molecule has 0 fully saturated rings. The molecular formula is C9H22O2Si. The highest BCUT2D eigenvalue weighted by atomic mass is 28.3. The molecule has 74 valence electrons. The van der Waals surface area contributed by atoms with Crippen molar-refractivity contribution in [2.24, 2.45) is 0 Å². The van der Waals surface area contributed by atoms with Gasteiger partial charge in [-0.3, -0.25) is 0 Å². The molecule has 0 spiro atoms. The van der Waals surface area contributed by atoms with Gasteiger partial charge in [0.25, 0.3) is 0 Å². The minimum Gasteiger partial charge on any atom is -0.400 e. The molecule has 0 aromatic rings. The van der Waals surface area contributed by atoms with Gasteiger partial charge in [0.05, 0.1) is 0 Å². The molecule has 0 unspecified atom stereocenters. The maximum absolute atomic E-state index is 5.38. The molecule has 0 atom stereocenters. The van der Waals surface area contributed by atoms with Crippen molar-refractivity contribution in [2.45, 2.75) is 45.1 Å². The van der Waals surface area contributed by atoms with Gasteiger partial charge in [0.2, 0.25) is 0 Å². The van der Waals surface area contributed by atoms with Gasteiger partial charge in [-0.2, -0.15) is 0 Å². The Bertz CT molecular complexity index is 88.5. The third-order valence-electron chi connectivity index (χ3n) is 2.17. The van der Waals surface area contributed by atoms with E-state index in [0.717, 1.165) is 0 Å². The van der Waals surface area contributed by atoms with Crippen LogP contribution in [0.5, 0.6) is 0 Å². The first-order valence-corrected chi connectivity index (χ1v) is 6.46. The van der Waals surface area contributed by atoms with Crippen LogP contribution in [0.4, 0.5) is 0 Å². The summed E-state index contributed by atoms with van der Waals surface area (Å²) in [6.45, 7) is 4.44. The molecule has 12 heavy (non-hydrogen) atoms. The molecule has 0 saturated heterocycles. The van der Waals surface area contributed by atoms with Gasteiger partial charge >= 0.3 is 9.28 Å². The van der Waals surface area contributed by atoms with E-state index in [1.165, 1.54) is 25.7 Å². The monoisotopic (exact) mass is 190 g/mol. The highest BCUT2D eigenvalue weighted by Crippen LogP contribution is 2.23. The van der Waals surface area contributed by atoms with E-state index in [-0.39, 0.29) is 0 Å². The topological polar surface area (TPSA) is 18.5 Å². The van der Waals surface area contributed by atoms with Crippen LogP contribution in [0.1, 0.15) is 39.5 Å². The lowest BCUT2D eigenvalue weighted by atomic mass is 10.1. The van der Waals surface area contributed by atoms with Crippen molar-refractivity contribution in [3.05, 3.63) is 0 Å². The zero-order valence-corrected chi connectivity index (χ0v) is 9.95. The predicted octanol–water partition coefficient (Wildman–Crippen LogP) is 2.47. The molecule has 0 aliphatic heterocycles. The zero-order chi connectivity index (χ0) is 9.40. The second-order valence-corrected chi connectivity index (χ2v) is 5.80. The smallest absolute Gasteiger partial charge is 0.324 e. The molecule has 0 amide bonds. The SMILES string of the molecule is CCCC(CCC)[SiH](OC)OC. The van der Waals surface area contributed by atoms with Crippen molar-refractivity contribution in [1.82, 2.24) is 0 Å². The van der Waals surface area contributed by atoms with Crippen molar-refractivity contribution in [1.29, 1.82) is 0 Å². The molecule has 3 heteroatoms. The average Bonchev–Trinajstić information content (AvgIpc) is 2.07. The minimum absolute atomic E-state index is 0.704. The first-order chi connectivity index (χ1) is 5.79. The van der Waals surface area contributed by atoms with Crippen LogP contribution in [0, 0.1) is 0 Å². The molecule has 0 bridgehead atoms. The van der Waals surface area contributed by atoms with E-state index in [1.807, 2.05) is 0 Å². The Balaban J connectivity index is 3.86. The molecule has 0 N–H and O–H groups in total. The van der Waals surface area contributed by atoms with E-state index in [1.54, 1.807) is 14.2 Å². The van der Waals surface area contributed by atoms with Gasteiger partial charge in [-0.05, 0) is 18.4 Å². The Morgan fingerprint density at radius 3 is 1.67 bits per heavy atom. The first-order valence-electron chi connectivity index (χ1n) is 4.85. The zero-order valence-electron chi connectivity index (χ0n) is 8.80. The lowest BCUT2D eigenvalue weighted by Gasteiger charge is -2.21. The summed E-state index contributed by atoms with van der Waals surface area (Å²) in [6, 6.07) is 0. The fraction of sp³-hybridized carbons (Fsp3) is 1.00. The lowest BCUT2D eigenvalue weighted by Crippen LogP contribution is -2.26. The van der Waals surface area contributed by atoms with Crippen LogP contribution in [-0.4, -0.2) is 23.5 Å². The number of hydrogen-bond acceptors (Lipinski definition) is 2. The highest BCUT2D eigenvalue weighted by molar-refractivity contribution is 6.46. The van der Waals surface area contributed by atoms with E-state index in [2.05, 4.69) is 13.8 Å². The van der Waals surface area contributed by atoms with E-state index >= 15 is 0 Å². The van der Waals surface area contributed by atoms with Gasteiger partial charge in [-0.25, -0.2) is 0 Å². The average molecular weight is 190 g/mol. The third-order valence-corrected chi connectivity index (χ3v) is 4.53. The fourth-order valence-corrected chi connectivity index (χ4v) is 3.81. The largest absolute Gasteiger partial charge is 0.400 e. The Hall–Kier alpha value is 0.137. The van der Waals surface area contributed by atoms with E-state index < -0.39 is 9.28 Å². The van der Waals surface area contributed by atoms with Crippen LogP contribution in [0.2, 0.25) is 5.54 Å². The van der Waals surface area contributed by atoms with Gasteiger partial charge < -0.3 is 8.85 Å². The van der Waals surface area contributed by atoms with Crippen molar-refractivity contribution < 1.29 is 8.85 Å². The Kier molecular flexibility index (Phi) is 7.86. The highest BCUT2D eigenvalue weighted by Gasteiger charge is 2.22. The van der Waals surface area contributed by atoms with Crippen molar-refractivity contribution in [3.63, 3.8) is 0 Å². The second-order valence-electron chi connectivity index (χ2n) is 3.18. The van der Waals surface area contributed by atoms with Gasteiger partial charge in [-0.1, -0.05) is 26.7 Å². The normalized spacial score (nSPS) is 11.5. The summed E-state index contributed by atoms with van der Waals surface area (Å²) in [5.41, 5.74) is 0.704. The predicted molar refractivity (Wildman–Crippen MR) is 54.7 cm³/mol. The number of hydrogen-bond donors (Lipinski definition) is 0. The summed E-state index contributed by atoms with van der Waals surface area (Å²) >= 11 is 0. The summed E-state index contributed by atoms with van der Waals surface area (Å²) < 4.78 is 10.8. The van der Waals surface area contributed by atoms with Crippen LogP contribution < -0.4 is 0 Å². The summed E-state index contributed by atoms with van der Waals surface area (Å²) in [5.74, 6) is 0. The van der Waals surface area contributed by atoms with Gasteiger partial charge in [-0.15, -0.1) is 0 Å². The quantitative estimate of drug-likeness (QED) is 0.574.